The van der Waals surface area contributed by atoms with Crippen LogP contribution in [-0.2, 0) is 16.6 Å². The van der Waals surface area contributed by atoms with Gasteiger partial charge in [-0.2, -0.15) is 0 Å². The van der Waals surface area contributed by atoms with Gasteiger partial charge in [0.25, 0.3) is 0 Å². The van der Waals surface area contributed by atoms with Crippen LogP contribution in [0.2, 0.25) is 0 Å². The van der Waals surface area contributed by atoms with Crippen LogP contribution in [-0.4, -0.2) is 46.0 Å². The fourth-order valence-corrected chi connectivity index (χ4v) is 4.71. The number of hydrogen-bond acceptors (Lipinski definition) is 5. The highest BCUT2D eigenvalue weighted by Crippen LogP contribution is 2.21. The van der Waals surface area contributed by atoms with Gasteiger partial charge in [0, 0.05) is 18.5 Å². The van der Waals surface area contributed by atoms with Gasteiger partial charge in [-0.3, -0.25) is 9.89 Å². The lowest BCUT2D eigenvalue weighted by Gasteiger charge is -2.30. The lowest BCUT2D eigenvalue weighted by atomic mass is 10.1. The van der Waals surface area contributed by atoms with Crippen molar-refractivity contribution in [3.8, 4) is 0 Å². The molecular weight excluding hydrogens is 394 g/mol. The average molecular weight is 424 g/mol. The largest absolute Gasteiger partial charge is 0.354 e. The summed E-state index contributed by atoms with van der Waals surface area (Å²) in [6, 6.07) is 13.9. The van der Waals surface area contributed by atoms with Crippen LogP contribution in [0.15, 0.2) is 51.7 Å². The summed E-state index contributed by atoms with van der Waals surface area (Å²) in [5.74, 6) is 0.665. The van der Waals surface area contributed by atoms with E-state index >= 15 is 0 Å². The van der Waals surface area contributed by atoms with Gasteiger partial charge in [0.1, 0.15) is 4.21 Å². The molecule has 7 nitrogen and oxygen atoms in total. The van der Waals surface area contributed by atoms with Gasteiger partial charge in [0.05, 0.1) is 12.6 Å². The second-order valence-electron chi connectivity index (χ2n) is 6.22. The van der Waals surface area contributed by atoms with Gasteiger partial charge in [-0.1, -0.05) is 44.2 Å². The number of rotatable bonds is 9. The molecule has 0 radical (unpaired) electrons. The van der Waals surface area contributed by atoms with Crippen LogP contribution in [0.1, 0.15) is 30.3 Å². The first kappa shape index (κ1) is 22.4. The van der Waals surface area contributed by atoms with Crippen LogP contribution < -0.4 is 15.8 Å². The van der Waals surface area contributed by atoms with Crippen molar-refractivity contribution < 1.29 is 8.42 Å². The third-order valence-electron chi connectivity index (χ3n) is 4.47. The Hall–Kier alpha value is -1.94. The summed E-state index contributed by atoms with van der Waals surface area (Å²) in [4.78, 5) is 7.54. The molecule has 0 aliphatic carbocycles. The number of benzene rings is 1. The van der Waals surface area contributed by atoms with Gasteiger partial charge in [-0.05, 0) is 30.8 Å². The van der Waals surface area contributed by atoms with Crippen molar-refractivity contribution in [1.29, 1.82) is 0 Å². The lowest BCUT2D eigenvalue weighted by Crippen LogP contribution is -2.42. The Labute approximate surface area is 171 Å². The molecule has 154 valence electrons. The molecule has 28 heavy (non-hydrogen) atoms. The van der Waals surface area contributed by atoms with Crippen LogP contribution in [0, 0.1) is 0 Å². The van der Waals surface area contributed by atoms with Gasteiger partial charge >= 0.3 is 0 Å². The van der Waals surface area contributed by atoms with Crippen LogP contribution in [0.4, 0.5) is 0 Å². The van der Waals surface area contributed by atoms with Gasteiger partial charge in [0.2, 0.25) is 10.0 Å². The van der Waals surface area contributed by atoms with Gasteiger partial charge in [0.15, 0.2) is 5.96 Å². The number of nitrogens with one attached hydrogen (secondary N) is 2. The van der Waals surface area contributed by atoms with Crippen molar-refractivity contribution in [2.45, 2.75) is 30.6 Å². The highest BCUT2D eigenvalue weighted by molar-refractivity contribution is 7.91. The molecule has 1 aromatic carbocycles. The molecule has 1 heterocycles. The standard InChI is InChI=1S/C19H29N5O2S2/c1-4-24(5-2)17(15-9-7-6-8-10-15)14-23-19(21-3)22-13-16-11-12-18(27-16)28(20,25)26/h6-12,17H,4-5,13-14H2,1-3H3,(H2,20,25,26)(H2,21,22,23). The molecule has 0 aliphatic heterocycles. The third kappa shape index (κ3) is 6.30. The first-order valence-corrected chi connectivity index (χ1v) is 11.6. The van der Waals surface area contributed by atoms with Crippen molar-refractivity contribution in [1.82, 2.24) is 15.5 Å². The Bertz CT molecular complexity index is 861. The number of guanidine groups is 1. The van der Waals surface area contributed by atoms with Crippen molar-refractivity contribution >= 4 is 27.3 Å². The van der Waals surface area contributed by atoms with E-state index in [0.29, 0.717) is 19.0 Å². The molecule has 9 heteroatoms. The molecule has 1 atom stereocenters. The Morgan fingerprint density at radius 1 is 1.14 bits per heavy atom. The third-order valence-corrected chi connectivity index (χ3v) is 7.00. The SMILES string of the molecule is CCN(CC)C(CNC(=NC)NCc1ccc(S(N)(=O)=O)s1)c1ccccc1. The molecule has 0 aliphatic rings. The monoisotopic (exact) mass is 423 g/mol. The smallest absolute Gasteiger partial charge is 0.247 e. The lowest BCUT2D eigenvalue weighted by molar-refractivity contribution is 0.219. The summed E-state index contributed by atoms with van der Waals surface area (Å²) in [6.07, 6.45) is 0. The Morgan fingerprint density at radius 2 is 1.82 bits per heavy atom. The number of likely N-dealkylation sites (N-methyl/N-ethyl adjacent to an activating group) is 1. The number of nitrogens with zero attached hydrogens (tertiary/aromatic N) is 2. The van der Waals surface area contributed by atoms with E-state index in [2.05, 4.69) is 58.6 Å². The number of sulfonamides is 1. The molecule has 0 fully saturated rings. The van der Waals surface area contributed by atoms with Gasteiger partial charge < -0.3 is 10.6 Å². The summed E-state index contributed by atoms with van der Waals surface area (Å²) in [7, 11) is -1.94. The van der Waals surface area contributed by atoms with Crippen LogP contribution in [0.5, 0.6) is 0 Å². The van der Waals surface area contributed by atoms with Crippen molar-refractivity contribution in [3.63, 3.8) is 0 Å². The highest BCUT2D eigenvalue weighted by Gasteiger charge is 2.18. The fourth-order valence-electron chi connectivity index (χ4n) is 2.99. The maximum atomic E-state index is 11.4. The average Bonchev–Trinajstić information content (AvgIpc) is 3.17. The maximum Gasteiger partial charge on any atom is 0.247 e. The maximum absolute atomic E-state index is 11.4. The van der Waals surface area contributed by atoms with E-state index in [1.165, 1.54) is 11.6 Å². The topological polar surface area (TPSA) is 99.8 Å². The summed E-state index contributed by atoms with van der Waals surface area (Å²) in [5, 5.41) is 11.8. The normalized spacial score (nSPS) is 13.5. The molecule has 2 rings (SSSR count). The zero-order valence-electron chi connectivity index (χ0n) is 16.6. The summed E-state index contributed by atoms with van der Waals surface area (Å²) in [5.41, 5.74) is 1.25. The molecule has 0 bridgehead atoms. The minimum atomic E-state index is -3.65. The number of aliphatic imine (C=N–C) groups is 1. The second-order valence-corrected chi connectivity index (χ2v) is 9.18. The summed E-state index contributed by atoms with van der Waals surface area (Å²) in [6.45, 7) is 7.41. The predicted molar refractivity (Wildman–Crippen MR) is 116 cm³/mol. The minimum Gasteiger partial charge on any atom is -0.354 e. The second kappa shape index (κ2) is 10.6. The highest BCUT2D eigenvalue weighted by atomic mass is 32.2. The first-order valence-electron chi connectivity index (χ1n) is 9.24. The van der Waals surface area contributed by atoms with E-state index in [0.717, 1.165) is 29.3 Å². The first-order chi connectivity index (χ1) is 13.4. The number of nitrogens with two attached hydrogens (primary N) is 1. The van der Waals surface area contributed by atoms with E-state index in [1.54, 1.807) is 13.1 Å². The summed E-state index contributed by atoms with van der Waals surface area (Å²) >= 11 is 1.16. The molecule has 1 aromatic heterocycles. The Morgan fingerprint density at radius 3 is 2.36 bits per heavy atom. The molecule has 0 saturated carbocycles. The number of primary sulfonamides is 1. The molecule has 1 unspecified atom stereocenters. The number of thiophene rings is 1. The van der Waals surface area contributed by atoms with Crippen LogP contribution >= 0.6 is 11.3 Å². The zero-order chi connectivity index (χ0) is 20.6. The predicted octanol–water partition coefficient (Wildman–Crippen LogP) is 2.14. The van der Waals surface area contributed by atoms with Crippen LogP contribution in [0.25, 0.3) is 0 Å². The Kier molecular flexibility index (Phi) is 8.43. The van der Waals surface area contributed by atoms with Crippen molar-refractivity contribution in [2.75, 3.05) is 26.7 Å². The van der Waals surface area contributed by atoms with Crippen molar-refractivity contribution in [2.24, 2.45) is 10.1 Å². The van der Waals surface area contributed by atoms with E-state index < -0.39 is 10.0 Å². The molecule has 0 spiro atoms. The molecule has 0 saturated heterocycles. The van der Waals surface area contributed by atoms with Crippen LogP contribution in [0.3, 0.4) is 0 Å². The zero-order valence-corrected chi connectivity index (χ0v) is 18.2. The molecule has 2 aromatic rings. The van der Waals surface area contributed by atoms with E-state index in [1.807, 2.05) is 6.07 Å². The summed E-state index contributed by atoms with van der Waals surface area (Å²) < 4.78 is 23.0. The van der Waals surface area contributed by atoms with E-state index in [4.69, 9.17) is 5.14 Å². The van der Waals surface area contributed by atoms with Gasteiger partial charge in [-0.15, -0.1) is 11.3 Å². The molecule has 0 amide bonds. The van der Waals surface area contributed by atoms with Gasteiger partial charge in [-0.25, -0.2) is 13.6 Å². The number of hydrogen-bond donors (Lipinski definition) is 3. The molecular formula is C19H29N5O2S2. The fraction of sp³-hybridized carbons (Fsp3) is 0.421. The van der Waals surface area contributed by atoms with E-state index in [-0.39, 0.29) is 10.3 Å². The van der Waals surface area contributed by atoms with Crippen molar-refractivity contribution in [3.05, 3.63) is 52.9 Å². The van der Waals surface area contributed by atoms with E-state index in [9.17, 15) is 8.42 Å². The molecule has 4 N–H and O–H groups in total. The quantitative estimate of drug-likeness (QED) is 0.424. The Balaban J connectivity index is 1.99. The minimum absolute atomic E-state index is 0.165.